The topological polar surface area (TPSA) is 42.2 Å². The molecule has 0 amide bonds. The van der Waals surface area contributed by atoms with Gasteiger partial charge in [0.15, 0.2) is 0 Å². The minimum absolute atomic E-state index is 0.124. The summed E-state index contributed by atoms with van der Waals surface area (Å²) in [6.07, 6.45) is 0. The summed E-state index contributed by atoms with van der Waals surface area (Å²) in [6, 6.07) is 10.2. The maximum absolute atomic E-state index is 12.0. The Morgan fingerprint density at radius 1 is 1.30 bits per heavy atom. The fourth-order valence-electron chi connectivity index (χ4n) is 1.99. The van der Waals surface area contributed by atoms with E-state index in [0.717, 1.165) is 23.3 Å². The third-order valence-corrected chi connectivity index (χ3v) is 5.23. The molecule has 2 rings (SSSR count). The first kappa shape index (κ1) is 15.3. The van der Waals surface area contributed by atoms with Crippen molar-refractivity contribution in [1.29, 1.82) is 0 Å². The highest BCUT2D eigenvalue weighted by Crippen LogP contribution is 2.23. The zero-order valence-corrected chi connectivity index (χ0v) is 13.4. The van der Waals surface area contributed by atoms with Gasteiger partial charge < -0.3 is 9.73 Å². The quantitative estimate of drug-likeness (QED) is 0.915. The number of rotatable bonds is 5. The predicted octanol–water partition coefficient (Wildman–Crippen LogP) is 3.63. The number of furan rings is 1. The second-order valence-corrected chi connectivity index (χ2v) is 8.35. The summed E-state index contributed by atoms with van der Waals surface area (Å²) in [4.78, 5) is 0. The Balaban J connectivity index is 1.92. The monoisotopic (exact) mass is 293 g/mol. The van der Waals surface area contributed by atoms with Crippen molar-refractivity contribution in [2.75, 3.05) is 12.3 Å². The molecule has 2 aromatic rings. The Kier molecular flexibility index (Phi) is 4.66. The normalized spacial score (nSPS) is 15.4. The summed E-state index contributed by atoms with van der Waals surface area (Å²) < 4.78 is 17.6. The van der Waals surface area contributed by atoms with Gasteiger partial charge in [-0.1, -0.05) is 18.2 Å². The van der Waals surface area contributed by atoms with Crippen LogP contribution in [0.5, 0.6) is 0 Å². The number of hydrogen-bond acceptors (Lipinski definition) is 3. The van der Waals surface area contributed by atoms with Gasteiger partial charge in [0.25, 0.3) is 0 Å². The Labute approximate surface area is 123 Å². The highest BCUT2D eigenvalue weighted by atomic mass is 32.2. The second kappa shape index (κ2) is 6.10. The molecular weight excluding hydrogens is 270 g/mol. The van der Waals surface area contributed by atoms with Gasteiger partial charge in [-0.2, -0.15) is 0 Å². The van der Waals surface area contributed by atoms with E-state index in [1.807, 2.05) is 45.0 Å². The molecule has 110 valence electrons. The molecule has 1 N–H and O–H groups in total. The molecule has 2 atom stereocenters. The lowest BCUT2D eigenvalue weighted by atomic mass is 10.2. The zero-order valence-electron chi connectivity index (χ0n) is 12.6. The van der Waals surface area contributed by atoms with Crippen molar-refractivity contribution in [1.82, 2.24) is 5.32 Å². The lowest BCUT2D eigenvalue weighted by Crippen LogP contribution is -2.30. The Morgan fingerprint density at radius 2 is 2.00 bits per heavy atom. The summed E-state index contributed by atoms with van der Waals surface area (Å²) in [5.74, 6) is 1.58. The average Bonchev–Trinajstić information content (AvgIpc) is 2.81. The summed E-state index contributed by atoms with van der Waals surface area (Å²) in [7, 11) is -0.818. The van der Waals surface area contributed by atoms with Crippen LogP contribution in [0.3, 0.4) is 0 Å². The Bertz CT molecular complexity index is 565. The van der Waals surface area contributed by atoms with Crippen LogP contribution in [-0.2, 0) is 10.8 Å². The molecule has 0 aliphatic rings. The number of nitrogens with one attached hydrogen (secondary N) is 1. The molecule has 4 heteroatoms. The highest BCUT2D eigenvalue weighted by molar-refractivity contribution is 7.86. The molecule has 0 saturated heterocycles. The number of hydrogen-bond donors (Lipinski definition) is 1. The van der Waals surface area contributed by atoms with E-state index < -0.39 is 10.8 Å². The molecule has 0 bridgehead atoms. The van der Waals surface area contributed by atoms with E-state index in [-0.39, 0.29) is 10.8 Å². The predicted molar refractivity (Wildman–Crippen MR) is 85.4 cm³/mol. The summed E-state index contributed by atoms with van der Waals surface area (Å²) in [5, 5.41) is 4.50. The van der Waals surface area contributed by atoms with Gasteiger partial charge in [0.05, 0.1) is 6.04 Å². The van der Waals surface area contributed by atoms with Crippen LogP contribution in [0.15, 0.2) is 34.7 Å². The summed E-state index contributed by atoms with van der Waals surface area (Å²) >= 11 is 0. The SMILES string of the molecule is CC(NCCS(=O)C(C)(C)C)c1cc2ccccc2o1. The maximum Gasteiger partial charge on any atom is 0.134 e. The van der Waals surface area contributed by atoms with Crippen molar-refractivity contribution in [3.05, 3.63) is 36.1 Å². The molecule has 0 saturated carbocycles. The Hall–Kier alpha value is -1.13. The molecule has 0 fully saturated rings. The average molecular weight is 293 g/mol. The lowest BCUT2D eigenvalue weighted by molar-refractivity contribution is 0.459. The minimum Gasteiger partial charge on any atom is -0.459 e. The van der Waals surface area contributed by atoms with Gasteiger partial charge in [-0.15, -0.1) is 0 Å². The van der Waals surface area contributed by atoms with E-state index in [0.29, 0.717) is 5.75 Å². The van der Waals surface area contributed by atoms with E-state index in [2.05, 4.69) is 18.3 Å². The fraction of sp³-hybridized carbons (Fsp3) is 0.500. The molecular formula is C16H23NO2S. The first-order valence-electron chi connectivity index (χ1n) is 6.98. The Morgan fingerprint density at radius 3 is 2.65 bits per heavy atom. The van der Waals surface area contributed by atoms with Crippen molar-refractivity contribution in [2.45, 2.75) is 38.5 Å². The van der Waals surface area contributed by atoms with Crippen LogP contribution < -0.4 is 5.32 Å². The lowest BCUT2D eigenvalue weighted by Gasteiger charge is -2.18. The van der Waals surface area contributed by atoms with Crippen molar-refractivity contribution in [3.63, 3.8) is 0 Å². The molecule has 20 heavy (non-hydrogen) atoms. The highest BCUT2D eigenvalue weighted by Gasteiger charge is 2.19. The zero-order chi connectivity index (χ0) is 14.8. The summed E-state index contributed by atoms with van der Waals surface area (Å²) in [6.45, 7) is 8.81. The van der Waals surface area contributed by atoms with Gasteiger partial charge in [-0.3, -0.25) is 4.21 Å². The van der Waals surface area contributed by atoms with Crippen molar-refractivity contribution in [2.24, 2.45) is 0 Å². The van der Waals surface area contributed by atoms with Gasteiger partial charge in [0.2, 0.25) is 0 Å². The third-order valence-electron chi connectivity index (χ3n) is 3.29. The van der Waals surface area contributed by atoms with Gasteiger partial charge in [-0.05, 0) is 39.8 Å². The van der Waals surface area contributed by atoms with Crippen LogP contribution in [0.2, 0.25) is 0 Å². The maximum atomic E-state index is 12.0. The van der Waals surface area contributed by atoms with E-state index in [1.54, 1.807) is 0 Å². The molecule has 1 aromatic carbocycles. The molecule has 0 aliphatic heterocycles. The van der Waals surface area contributed by atoms with Crippen molar-refractivity contribution >= 4 is 21.8 Å². The van der Waals surface area contributed by atoms with Crippen LogP contribution in [0.25, 0.3) is 11.0 Å². The van der Waals surface area contributed by atoms with E-state index in [1.165, 1.54) is 0 Å². The molecule has 0 aliphatic carbocycles. The standard InChI is InChI=1S/C16H23NO2S/c1-12(17-9-10-20(18)16(2,3)4)15-11-13-7-5-6-8-14(13)19-15/h5-8,11-12,17H,9-10H2,1-4H3. The molecule has 2 unspecified atom stereocenters. The molecule has 1 heterocycles. The fourth-order valence-corrected chi connectivity index (χ4v) is 2.91. The van der Waals surface area contributed by atoms with Crippen molar-refractivity contribution in [3.8, 4) is 0 Å². The van der Waals surface area contributed by atoms with Crippen LogP contribution in [0.1, 0.15) is 39.5 Å². The van der Waals surface area contributed by atoms with Crippen LogP contribution in [0, 0.1) is 0 Å². The van der Waals surface area contributed by atoms with Gasteiger partial charge in [0, 0.05) is 33.2 Å². The number of para-hydroxylation sites is 1. The van der Waals surface area contributed by atoms with E-state index in [4.69, 9.17) is 4.42 Å². The van der Waals surface area contributed by atoms with E-state index in [9.17, 15) is 4.21 Å². The van der Waals surface area contributed by atoms with Gasteiger partial charge >= 0.3 is 0 Å². The molecule has 3 nitrogen and oxygen atoms in total. The molecule has 0 radical (unpaired) electrons. The third kappa shape index (κ3) is 3.70. The van der Waals surface area contributed by atoms with Crippen LogP contribution in [-0.4, -0.2) is 21.3 Å². The van der Waals surface area contributed by atoms with Crippen molar-refractivity contribution < 1.29 is 8.63 Å². The van der Waals surface area contributed by atoms with Crippen LogP contribution in [0.4, 0.5) is 0 Å². The van der Waals surface area contributed by atoms with Gasteiger partial charge in [0.1, 0.15) is 11.3 Å². The van der Waals surface area contributed by atoms with Gasteiger partial charge in [-0.25, -0.2) is 0 Å². The van der Waals surface area contributed by atoms with E-state index >= 15 is 0 Å². The number of fused-ring (bicyclic) bond motifs is 1. The summed E-state index contributed by atoms with van der Waals surface area (Å²) in [5.41, 5.74) is 0.911. The second-order valence-electron chi connectivity index (χ2n) is 6.02. The minimum atomic E-state index is -0.818. The number of benzene rings is 1. The van der Waals surface area contributed by atoms with Crippen LogP contribution >= 0.6 is 0 Å². The molecule has 0 spiro atoms. The smallest absolute Gasteiger partial charge is 0.134 e. The first-order valence-corrected chi connectivity index (χ1v) is 8.30. The molecule has 1 aromatic heterocycles. The largest absolute Gasteiger partial charge is 0.459 e. The first-order chi connectivity index (χ1) is 9.38.